The fourth-order valence-corrected chi connectivity index (χ4v) is 3.64. The molecule has 1 aromatic carbocycles. The fourth-order valence-electron chi connectivity index (χ4n) is 3.64. The molecule has 1 amide bonds. The molecule has 2 aliphatic heterocycles. The lowest BCUT2D eigenvalue weighted by Crippen LogP contribution is -2.35. The van der Waals surface area contributed by atoms with Crippen LogP contribution in [0, 0.1) is 11.7 Å². The Labute approximate surface area is 149 Å². The minimum Gasteiger partial charge on any atom is -0.341 e. The molecule has 2 fully saturated rings. The maximum absolute atomic E-state index is 13.0. The van der Waals surface area contributed by atoms with Crippen LogP contribution in [0.4, 0.5) is 4.39 Å². The van der Waals surface area contributed by atoms with Gasteiger partial charge in [-0.2, -0.15) is 0 Å². The van der Waals surface area contributed by atoms with E-state index in [-0.39, 0.29) is 5.82 Å². The number of benzene rings is 1. The van der Waals surface area contributed by atoms with Gasteiger partial charge in [0.15, 0.2) is 0 Å². The third-order valence-electron chi connectivity index (χ3n) is 5.17. The van der Waals surface area contributed by atoms with Crippen molar-refractivity contribution >= 4 is 5.91 Å². The van der Waals surface area contributed by atoms with Gasteiger partial charge in [0.2, 0.25) is 5.91 Å². The second kappa shape index (κ2) is 9.27. The van der Waals surface area contributed by atoms with Gasteiger partial charge in [0.05, 0.1) is 0 Å². The Morgan fingerprint density at radius 1 is 1.08 bits per heavy atom. The second-order valence-corrected chi connectivity index (χ2v) is 7.16. The summed E-state index contributed by atoms with van der Waals surface area (Å²) in [6.45, 7) is 6.37. The first-order valence-corrected chi connectivity index (χ1v) is 9.41. The van der Waals surface area contributed by atoms with E-state index in [0.717, 1.165) is 70.6 Å². The highest BCUT2D eigenvalue weighted by atomic mass is 19.1. The summed E-state index contributed by atoms with van der Waals surface area (Å²) in [4.78, 5) is 16.8. The molecule has 0 atom stereocenters. The van der Waals surface area contributed by atoms with Gasteiger partial charge in [0.1, 0.15) is 5.82 Å². The number of nitrogens with one attached hydrogen (secondary N) is 2. The van der Waals surface area contributed by atoms with E-state index < -0.39 is 0 Å². The molecular formula is C19H29FN4O. The second-order valence-electron chi connectivity index (χ2n) is 7.16. The molecule has 5 nitrogen and oxygen atoms in total. The lowest BCUT2D eigenvalue weighted by atomic mass is 10.0. The molecule has 2 heterocycles. The maximum Gasteiger partial charge on any atom is 0.222 e. The lowest BCUT2D eigenvalue weighted by molar-refractivity contribution is -0.131. The summed E-state index contributed by atoms with van der Waals surface area (Å²) < 4.78 is 13.0. The molecule has 25 heavy (non-hydrogen) atoms. The van der Waals surface area contributed by atoms with Crippen LogP contribution in [0.1, 0.15) is 31.2 Å². The van der Waals surface area contributed by atoms with E-state index in [1.54, 1.807) is 0 Å². The summed E-state index contributed by atoms with van der Waals surface area (Å²) in [6.07, 6.45) is 3.75. The van der Waals surface area contributed by atoms with Crippen molar-refractivity contribution in [1.82, 2.24) is 20.7 Å². The van der Waals surface area contributed by atoms with Gasteiger partial charge in [-0.25, -0.2) is 4.39 Å². The molecule has 0 aliphatic carbocycles. The molecule has 6 heteroatoms. The summed E-state index contributed by atoms with van der Waals surface area (Å²) in [5.41, 5.74) is 7.40. The predicted octanol–water partition coefficient (Wildman–Crippen LogP) is 1.75. The van der Waals surface area contributed by atoms with Crippen molar-refractivity contribution in [2.45, 2.75) is 32.2 Å². The van der Waals surface area contributed by atoms with Crippen LogP contribution >= 0.6 is 0 Å². The molecule has 2 aliphatic rings. The minimum atomic E-state index is -0.194. The van der Waals surface area contributed by atoms with Crippen molar-refractivity contribution in [3.8, 4) is 0 Å². The number of halogens is 1. The summed E-state index contributed by atoms with van der Waals surface area (Å²) in [5.74, 6) is 0.756. The highest BCUT2D eigenvalue weighted by Crippen LogP contribution is 2.13. The van der Waals surface area contributed by atoms with Crippen LogP contribution in [0.5, 0.6) is 0 Å². The van der Waals surface area contributed by atoms with E-state index in [1.807, 2.05) is 17.0 Å². The average molecular weight is 348 g/mol. The molecule has 138 valence electrons. The number of amides is 1. The SMILES string of the molecule is O=C(CCCC1CNNC1)N1CCCN(Cc2ccc(F)cc2)CC1. The normalized spacial score (nSPS) is 20.0. The van der Waals surface area contributed by atoms with E-state index in [0.29, 0.717) is 18.2 Å². The van der Waals surface area contributed by atoms with E-state index in [1.165, 1.54) is 12.1 Å². The van der Waals surface area contributed by atoms with E-state index >= 15 is 0 Å². The largest absolute Gasteiger partial charge is 0.341 e. The molecule has 2 saturated heterocycles. The van der Waals surface area contributed by atoms with Crippen LogP contribution in [0.25, 0.3) is 0 Å². The molecule has 0 aromatic heterocycles. The van der Waals surface area contributed by atoms with Gasteiger partial charge in [0, 0.05) is 52.2 Å². The standard InChI is InChI=1S/C19H29FN4O/c20-18-7-5-16(6-8-18)15-23-9-2-10-24(12-11-23)19(25)4-1-3-17-13-21-22-14-17/h5-8,17,21-22H,1-4,9-15H2. The molecule has 2 N–H and O–H groups in total. The summed E-state index contributed by atoms with van der Waals surface area (Å²) >= 11 is 0. The van der Waals surface area contributed by atoms with Crippen LogP contribution in [-0.2, 0) is 11.3 Å². The topological polar surface area (TPSA) is 47.6 Å². The van der Waals surface area contributed by atoms with Crippen LogP contribution in [0.15, 0.2) is 24.3 Å². The third kappa shape index (κ3) is 5.76. The van der Waals surface area contributed by atoms with E-state index in [4.69, 9.17) is 0 Å². The van der Waals surface area contributed by atoms with Gasteiger partial charge >= 0.3 is 0 Å². The number of hydrogen-bond acceptors (Lipinski definition) is 4. The molecule has 0 radical (unpaired) electrons. The number of carbonyl (C=O) groups excluding carboxylic acids is 1. The summed E-state index contributed by atoms with van der Waals surface area (Å²) in [7, 11) is 0. The first-order valence-electron chi connectivity index (χ1n) is 9.41. The number of rotatable bonds is 6. The van der Waals surface area contributed by atoms with E-state index in [9.17, 15) is 9.18 Å². The first-order chi connectivity index (χ1) is 12.2. The number of hydrazine groups is 1. The van der Waals surface area contributed by atoms with Gasteiger partial charge in [-0.1, -0.05) is 12.1 Å². The van der Waals surface area contributed by atoms with Crippen molar-refractivity contribution in [2.24, 2.45) is 5.92 Å². The molecular weight excluding hydrogens is 319 g/mol. The molecule has 0 bridgehead atoms. The van der Waals surface area contributed by atoms with Gasteiger partial charge < -0.3 is 4.90 Å². The van der Waals surface area contributed by atoms with Crippen molar-refractivity contribution in [1.29, 1.82) is 0 Å². The van der Waals surface area contributed by atoms with Gasteiger partial charge in [-0.05, 0) is 42.9 Å². The Balaban J connectivity index is 1.39. The monoisotopic (exact) mass is 348 g/mol. The average Bonchev–Trinajstić information content (AvgIpc) is 3.02. The Morgan fingerprint density at radius 3 is 2.60 bits per heavy atom. The molecule has 0 unspecified atom stereocenters. The number of hydrogen-bond donors (Lipinski definition) is 2. The zero-order chi connectivity index (χ0) is 17.5. The summed E-state index contributed by atoms with van der Waals surface area (Å²) in [5, 5.41) is 0. The Hall–Kier alpha value is -1.50. The van der Waals surface area contributed by atoms with Crippen molar-refractivity contribution in [3.05, 3.63) is 35.6 Å². The van der Waals surface area contributed by atoms with Crippen molar-refractivity contribution < 1.29 is 9.18 Å². The van der Waals surface area contributed by atoms with Gasteiger partial charge in [-0.3, -0.25) is 20.5 Å². The van der Waals surface area contributed by atoms with E-state index in [2.05, 4.69) is 15.8 Å². The van der Waals surface area contributed by atoms with Gasteiger partial charge in [-0.15, -0.1) is 0 Å². The van der Waals surface area contributed by atoms with Crippen LogP contribution < -0.4 is 10.9 Å². The molecule has 1 aromatic rings. The quantitative estimate of drug-likeness (QED) is 0.822. The highest BCUT2D eigenvalue weighted by Gasteiger charge is 2.20. The van der Waals surface area contributed by atoms with Crippen LogP contribution in [-0.4, -0.2) is 55.0 Å². The fraction of sp³-hybridized carbons (Fsp3) is 0.632. The zero-order valence-electron chi connectivity index (χ0n) is 14.8. The van der Waals surface area contributed by atoms with Crippen molar-refractivity contribution in [3.63, 3.8) is 0 Å². The number of nitrogens with zero attached hydrogens (tertiary/aromatic N) is 2. The first kappa shape index (κ1) is 18.3. The Kier molecular flexibility index (Phi) is 6.78. The molecule has 0 saturated carbocycles. The van der Waals surface area contributed by atoms with Crippen LogP contribution in [0.2, 0.25) is 0 Å². The minimum absolute atomic E-state index is 0.194. The maximum atomic E-state index is 13.0. The highest BCUT2D eigenvalue weighted by molar-refractivity contribution is 5.76. The van der Waals surface area contributed by atoms with Gasteiger partial charge in [0.25, 0.3) is 0 Å². The predicted molar refractivity (Wildman–Crippen MR) is 96.2 cm³/mol. The third-order valence-corrected chi connectivity index (χ3v) is 5.17. The van der Waals surface area contributed by atoms with Crippen molar-refractivity contribution in [2.75, 3.05) is 39.3 Å². The number of carbonyl (C=O) groups is 1. The Bertz CT molecular complexity index is 545. The molecule has 3 rings (SSSR count). The summed E-state index contributed by atoms with van der Waals surface area (Å²) in [6, 6.07) is 6.71. The smallest absolute Gasteiger partial charge is 0.222 e. The Morgan fingerprint density at radius 2 is 1.84 bits per heavy atom. The van der Waals surface area contributed by atoms with Crippen LogP contribution in [0.3, 0.4) is 0 Å². The lowest BCUT2D eigenvalue weighted by Gasteiger charge is -2.22. The zero-order valence-corrected chi connectivity index (χ0v) is 14.8. The molecule has 0 spiro atoms.